The van der Waals surface area contributed by atoms with Gasteiger partial charge in [0.15, 0.2) is 5.82 Å². The van der Waals surface area contributed by atoms with Crippen molar-refractivity contribution in [2.75, 3.05) is 18.4 Å². The molecule has 144 valence electrons. The number of hydrogen-bond acceptors (Lipinski definition) is 7. The second-order valence-electron chi connectivity index (χ2n) is 6.06. The first kappa shape index (κ1) is 19.0. The number of para-hydroxylation sites is 1. The Morgan fingerprint density at radius 1 is 1.18 bits per heavy atom. The van der Waals surface area contributed by atoms with Crippen molar-refractivity contribution in [1.29, 1.82) is 0 Å². The zero-order chi connectivity index (χ0) is 20.1. The van der Waals surface area contributed by atoms with E-state index < -0.39 is 10.8 Å². The summed E-state index contributed by atoms with van der Waals surface area (Å²) in [5.74, 6) is 0.713. The van der Waals surface area contributed by atoms with Crippen LogP contribution in [0.25, 0.3) is 5.82 Å². The summed E-state index contributed by atoms with van der Waals surface area (Å²) >= 11 is 0. The van der Waals surface area contributed by atoms with Crippen LogP contribution in [0.1, 0.15) is 21.7 Å². The Balaban J connectivity index is 1.58. The average Bonchev–Trinajstić information content (AvgIpc) is 3.03. The molecule has 0 aliphatic heterocycles. The number of nitro groups is 1. The second kappa shape index (κ2) is 8.25. The summed E-state index contributed by atoms with van der Waals surface area (Å²) in [4.78, 5) is 31.0. The summed E-state index contributed by atoms with van der Waals surface area (Å²) < 4.78 is 1.72. The van der Waals surface area contributed by atoms with Crippen LogP contribution < -0.4 is 10.6 Å². The standard InChI is InChI=1S/C18H19N7O3/c1-12-9-13(2)24(23-12)17-10-16(21-11-22-17)19-7-8-20-18(26)14-5-3-4-6-15(14)25(27)28/h3-6,9-11H,7-8H2,1-2H3,(H,20,26)(H,19,21,22). The van der Waals surface area contributed by atoms with E-state index in [0.29, 0.717) is 18.2 Å². The van der Waals surface area contributed by atoms with Crippen LogP contribution in [-0.2, 0) is 0 Å². The smallest absolute Gasteiger partial charge is 0.282 e. The van der Waals surface area contributed by atoms with E-state index >= 15 is 0 Å². The Kier molecular flexibility index (Phi) is 5.58. The number of carbonyl (C=O) groups is 1. The Morgan fingerprint density at radius 3 is 2.68 bits per heavy atom. The average molecular weight is 381 g/mol. The van der Waals surface area contributed by atoms with E-state index in [1.54, 1.807) is 16.8 Å². The van der Waals surface area contributed by atoms with Gasteiger partial charge >= 0.3 is 0 Å². The van der Waals surface area contributed by atoms with Crippen LogP contribution in [0, 0.1) is 24.0 Å². The molecule has 0 spiro atoms. The summed E-state index contributed by atoms with van der Waals surface area (Å²) in [5.41, 5.74) is 1.65. The number of carbonyl (C=O) groups excluding carboxylic acids is 1. The van der Waals surface area contributed by atoms with Gasteiger partial charge in [-0.2, -0.15) is 5.10 Å². The molecule has 3 rings (SSSR count). The Hall–Kier alpha value is -3.82. The van der Waals surface area contributed by atoms with E-state index in [1.165, 1.54) is 24.5 Å². The molecule has 0 saturated heterocycles. The predicted octanol–water partition coefficient (Wildman–Crippen LogP) is 2.03. The van der Waals surface area contributed by atoms with Gasteiger partial charge in [-0.25, -0.2) is 14.6 Å². The first-order valence-electron chi connectivity index (χ1n) is 8.57. The first-order valence-corrected chi connectivity index (χ1v) is 8.57. The molecule has 0 bridgehead atoms. The molecule has 10 heteroatoms. The van der Waals surface area contributed by atoms with Gasteiger partial charge in [-0.1, -0.05) is 12.1 Å². The number of hydrogen-bond donors (Lipinski definition) is 2. The van der Waals surface area contributed by atoms with E-state index in [-0.39, 0.29) is 17.8 Å². The largest absolute Gasteiger partial charge is 0.368 e. The molecule has 2 aromatic heterocycles. The van der Waals surface area contributed by atoms with Gasteiger partial charge in [0.1, 0.15) is 17.7 Å². The van der Waals surface area contributed by atoms with Crippen molar-refractivity contribution in [2.24, 2.45) is 0 Å². The minimum Gasteiger partial charge on any atom is -0.368 e. The molecule has 0 unspecified atom stereocenters. The van der Waals surface area contributed by atoms with Crippen molar-refractivity contribution >= 4 is 17.4 Å². The highest BCUT2D eigenvalue weighted by Crippen LogP contribution is 2.17. The molecular weight excluding hydrogens is 362 g/mol. The first-order chi connectivity index (χ1) is 13.5. The maximum absolute atomic E-state index is 12.2. The van der Waals surface area contributed by atoms with Gasteiger partial charge in [-0.3, -0.25) is 14.9 Å². The summed E-state index contributed by atoms with van der Waals surface area (Å²) in [6.45, 7) is 4.50. The van der Waals surface area contributed by atoms with Crippen molar-refractivity contribution in [3.63, 3.8) is 0 Å². The zero-order valence-corrected chi connectivity index (χ0v) is 15.4. The molecule has 1 aromatic carbocycles. The van der Waals surface area contributed by atoms with Gasteiger partial charge in [0.25, 0.3) is 11.6 Å². The monoisotopic (exact) mass is 381 g/mol. The molecule has 0 saturated carbocycles. The van der Waals surface area contributed by atoms with Crippen molar-refractivity contribution in [3.05, 3.63) is 69.8 Å². The molecule has 0 aliphatic carbocycles. The summed E-state index contributed by atoms with van der Waals surface area (Å²) in [6.07, 6.45) is 1.43. The van der Waals surface area contributed by atoms with Gasteiger partial charge in [0.05, 0.1) is 10.6 Å². The number of nitrogens with one attached hydrogen (secondary N) is 2. The highest BCUT2D eigenvalue weighted by molar-refractivity contribution is 5.98. The molecule has 0 fully saturated rings. The van der Waals surface area contributed by atoms with Crippen LogP contribution in [0.15, 0.2) is 42.7 Å². The minimum absolute atomic E-state index is 0.0290. The lowest BCUT2D eigenvalue weighted by Gasteiger charge is -2.09. The molecule has 0 atom stereocenters. The third kappa shape index (κ3) is 4.29. The van der Waals surface area contributed by atoms with Gasteiger partial charge in [0.2, 0.25) is 0 Å². The molecule has 28 heavy (non-hydrogen) atoms. The maximum Gasteiger partial charge on any atom is 0.282 e. The lowest BCUT2D eigenvalue weighted by Crippen LogP contribution is -2.29. The van der Waals surface area contributed by atoms with Crippen molar-refractivity contribution in [2.45, 2.75) is 13.8 Å². The number of anilines is 1. The highest BCUT2D eigenvalue weighted by atomic mass is 16.6. The molecule has 10 nitrogen and oxygen atoms in total. The Morgan fingerprint density at radius 2 is 1.96 bits per heavy atom. The SMILES string of the molecule is Cc1cc(C)n(-c2cc(NCCNC(=O)c3ccccc3[N+](=O)[O-])ncn2)n1. The van der Waals surface area contributed by atoms with Gasteiger partial charge in [-0.05, 0) is 26.0 Å². The summed E-state index contributed by atoms with van der Waals surface area (Å²) in [6, 6.07) is 9.53. The summed E-state index contributed by atoms with van der Waals surface area (Å²) in [7, 11) is 0. The van der Waals surface area contributed by atoms with Gasteiger partial charge < -0.3 is 10.6 Å². The van der Waals surface area contributed by atoms with E-state index in [1.807, 2.05) is 19.9 Å². The third-order valence-electron chi connectivity index (χ3n) is 3.94. The van der Waals surface area contributed by atoms with Crippen molar-refractivity contribution in [3.8, 4) is 5.82 Å². The van der Waals surface area contributed by atoms with Crippen LogP contribution >= 0.6 is 0 Å². The number of rotatable bonds is 7. The van der Waals surface area contributed by atoms with Crippen LogP contribution in [0.4, 0.5) is 11.5 Å². The normalized spacial score (nSPS) is 10.5. The van der Waals surface area contributed by atoms with Crippen LogP contribution in [0.5, 0.6) is 0 Å². The van der Waals surface area contributed by atoms with Crippen molar-refractivity contribution < 1.29 is 9.72 Å². The predicted molar refractivity (Wildman–Crippen MR) is 103 cm³/mol. The number of aryl methyl sites for hydroxylation is 2. The number of benzene rings is 1. The number of amides is 1. The molecule has 0 aliphatic rings. The fourth-order valence-corrected chi connectivity index (χ4v) is 2.71. The van der Waals surface area contributed by atoms with E-state index in [0.717, 1.165) is 11.4 Å². The molecule has 1 amide bonds. The minimum atomic E-state index is -0.575. The molecule has 2 N–H and O–H groups in total. The topological polar surface area (TPSA) is 128 Å². The van der Waals surface area contributed by atoms with E-state index in [9.17, 15) is 14.9 Å². The molecular formula is C18H19N7O3. The zero-order valence-electron chi connectivity index (χ0n) is 15.4. The Labute approximate surface area is 160 Å². The third-order valence-corrected chi connectivity index (χ3v) is 3.94. The molecule has 3 aromatic rings. The van der Waals surface area contributed by atoms with Crippen LogP contribution in [0.2, 0.25) is 0 Å². The Bertz CT molecular complexity index is 1020. The number of nitro benzene ring substituents is 1. The van der Waals surface area contributed by atoms with Gasteiger partial charge in [-0.15, -0.1) is 0 Å². The molecule has 2 heterocycles. The second-order valence-corrected chi connectivity index (χ2v) is 6.06. The van der Waals surface area contributed by atoms with E-state index in [2.05, 4.69) is 25.7 Å². The maximum atomic E-state index is 12.2. The highest BCUT2D eigenvalue weighted by Gasteiger charge is 2.18. The van der Waals surface area contributed by atoms with E-state index in [4.69, 9.17) is 0 Å². The lowest BCUT2D eigenvalue weighted by atomic mass is 10.1. The van der Waals surface area contributed by atoms with Crippen molar-refractivity contribution in [1.82, 2.24) is 25.1 Å². The fourth-order valence-electron chi connectivity index (χ4n) is 2.71. The van der Waals surface area contributed by atoms with Crippen LogP contribution in [0.3, 0.4) is 0 Å². The molecule has 0 radical (unpaired) electrons. The van der Waals surface area contributed by atoms with Crippen LogP contribution in [-0.4, -0.2) is 43.7 Å². The fraction of sp³-hybridized carbons (Fsp3) is 0.222. The number of nitrogens with zero attached hydrogens (tertiary/aromatic N) is 5. The van der Waals surface area contributed by atoms with Gasteiger partial charge in [0, 0.05) is 30.9 Å². The lowest BCUT2D eigenvalue weighted by molar-refractivity contribution is -0.385. The quantitative estimate of drug-likeness (QED) is 0.364. The summed E-state index contributed by atoms with van der Waals surface area (Å²) in [5, 5.41) is 21.1. The number of aromatic nitrogens is 4.